The zero-order valence-electron chi connectivity index (χ0n) is 13.6. The first kappa shape index (κ1) is 15.5. The van der Waals surface area contributed by atoms with Gasteiger partial charge in [-0.15, -0.1) is 0 Å². The summed E-state index contributed by atoms with van der Waals surface area (Å²) in [6.45, 7) is 5.88. The first-order valence-electron chi connectivity index (χ1n) is 8.28. The summed E-state index contributed by atoms with van der Waals surface area (Å²) in [4.78, 5) is 15.2. The van der Waals surface area contributed by atoms with Crippen molar-refractivity contribution in [3.63, 3.8) is 0 Å². The number of hydrogen-bond acceptors (Lipinski definition) is 6. The quantitative estimate of drug-likeness (QED) is 0.800. The molecule has 2 aromatic rings. The third kappa shape index (κ3) is 4.31. The van der Waals surface area contributed by atoms with E-state index in [1.165, 1.54) is 19.3 Å². The fourth-order valence-electron chi connectivity index (χ4n) is 2.80. The standard InChI is InChI=1S/C17H24N6/c1-14-12-18-6-5-15(14)19-7-8-20-16-11-17(22-13-21-16)23-9-3-2-4-10-23/h5-6,11-13H,2-4,7-10H2,1H3,(H,18,19)(H,20,21,22). The van der Waals surface area contributed by atoms with Crippen LogP contribution in [0.5, 0.6) is 0 Å². The van der Waals surface area contributed by atoms with Gasteiger partial charge in [-0.3, -0.25) is 4.98 Å². The van der Waals surface area contributed by atoms with Crippen LogP contribution in [-0.2, 0) is 0 Å². The maximum Gasteiger partial charge on any atom is 0.134 e. The van der Waals surface area contributed by atoms with Crippen LogP contribution in [0.4, 0.5) is 17.3 Å². The third-order valence-electron chi connectivity index (χ3n) is 4.10. The maximum atomic E-state index is 4.40. The van der Waals surface area contributed by atoms with Crippen LogP contribution in [0, 0.1) is 6.92 Å². The van der Waals surface area contributed by atoms with E-state index in [2.05, 4.69) is 37.4 Å². The van der Waals surface area contributed by atoms with Crippen molar-refractivity contribution in [1.82, 2.24) is 15.0 Å². The van der Waals surface area contributed by atoms with Gasteiger partial charge >= 0.3 is 0 Å². The number of hydrogen-bond donors (Lipinski definition) is 2. The molecule has 1 aliphatic heterocycles. The van der Waals surface area contributed by atoms with Gasteiger partial charge in [0.15, 0.2) is 0 Å². The number of pyridine rings is 1. The Morgan fingerprint density at radius 3 is 2.74 bits per heavy atom. The molecule has 1 aliphatic rings. The number of aryl methyl sites for hydroxylation is 1. The highest BCUT2D eigenvalue weighted by Crippen LogP contribution is 2.19. The van der Waals surface area contributed by atoms with E-state index < -0.39 is 0 Å². The molecule has 2 N–H and O–H groups in total. The molecule has 0 amide bonds. The Bertz CT molecular complexity index is 624. The molecule has 0 radical (unpaired) electrons. The Morgan fingerprint density at radius 1 is 1.09 bits per heavy atom. The maximum absolute atomic E-state index is 4.40. The number of anilines is 3. The molecule has 6 heteroatoms. The zero-order valence-corrected chi connectivity index (χ0v) is 13.6. The second-order valence-electron chi connectivity index (χ2n) is 5.85. The van der Waals surface area contributed by atoms with E-state index in [1.807, 2.05) is 18.3 Å². The van der Waals surface area contributed by atoms with Gasteiger partial charge < -0.3 is 15.5 Å². The average Bonchev–Trinajstić information content (AvgIpc) is 2.61. The van der Waals surface area contributed by atoms with E-state index in [9.17, 15) is 0 Å². The highest BCUT2D eigenvalue weighted by atomic mass is 15.2. The molecule has 3 heterocycles. The van der Waals surface area contributed by atoms with Gasteiger partial charge in [0.2, 0.25) is 0 Å². The molecule has 23 heavy (non-hydrogen) atoms. The molecular formula is C17H24N6. The summed E-state index contributed by atoms with van der Waals surface area (Å²) < 4.78 is 0. The van der Waals surface area contributed by atoms with E-state index in [4.69, 9.17) is 0 Å². The highest BCUT2D eigenvalue weighted by Gasteiger charge is 2.12. The molecule has 1 fully saturated rings. The molecule has 0 spiro atoms. The van der Waals surface area contributed by atoms with Crippen molar-refractivity contribution < 1.29 is 0 Å². The highest BCUT2D eigenvalue weighted by molar-refractivity contribution is 5.50. The minimum Gasteiger partial charge on any atom is -0.383 e. The summed E-state index contributed by atoms with van der Waals surface area (Å²) in [5, 5.41) is 6.76. The predicted octanol–water partition coefficient (Wildman–Crippen LogP) is 2.69. The van der Waals surface area contributed by atoms with Gasteiger partial charge in [0.1, 0.15) is 18.0 Å². The number of piperidine rings is 1. The van der Waals surface area contributed by atoms with Gasteiger partial charge in [-0.2, -0.15) is 0 Å². The van der Waals surface area contributed by atoms with Gasteiger partial charge in [-0.05, 0) is 37.8 Å². The van der Waals surface area contributed by atoms with Crippen molar-refractivity contribution in [1.29, 1.82) is 0 Å². The Hall–Kier alpha value is -2.37. The van der Waals surface area contributed by atoms with Crippen molar-refractivity contribution in [2.45, 2.75) is 26.2 Å². The molecule has 0 unspecified atom stereocenters. The predicted molar refractivity (Wildman–Crippen MR) is 94.0 cm³/mol. The van der Waals surface area contributed by atoms with Crippen LogP contribution >= 0.6 is 0 Å². The summed E-state index contributed by atoms with van der Waals surface area (Å²) in [7, 11) is 0. The van der Waals surface area contributed by atoms with Crippen LogP contribution < -0.4 is 15.5 Å². The smallest absolute Gasteiger partial charge is 0.134 e. The molecule has 0 bridgehead atoms. The molecule has 6 nitrogen and oxygen atoms in total. The molecule has 3 rings (SSSR count). The van der Waals surface area contributed by atoms with E-state index in [-0.39, 0.29) is 0 Å². The second-order valence-corrected chi connectivity index (χ2v) is 5.85. The molecule has 0 aliphatic carbocycles. The summed E-state index contributed by atoms with van der Waals surface area (Å²) in [5.41, 5.74) is 2.28. The minimum atomic E-state index is 0.804. The van der Waals surface area contributed by atoms with E-state index in [0.717, 1.165) is 49.1 Å². The van der Waals surface area contributed by atoms with Crippen LogP contribution in [0.2, 0.25) is 0 Å². The van der Waals surface area contributed by atoms with Gasteiger partial charge in [0.05, 0.1) is 0 Å². The van der Waals surface area contributed by atoms with E-state index in [1.54, 1.807) is 12.5 Å². The lowest BCUT2D eigenvalue weighted by Gasteiger charge is -2.27. The second kappa shape index (κ2) is 7.76. The minimum absolute atomic E-state index is 0.804. The monoisotopic (exact) mass is 312 g/mol. The third-order valence-corrected chi connectivity index (χ3v) is 4.10. The summed E-state index contributed by atoms with van der Waals surface area (Å²) in [5.74, 6) is 1.91. The van der Waals surface area contributed by atoms with Crippen LogP contribution in [0.15, 0.2) is 30.9 Å². The molecule has 122 valence electrons. The Balaban J connectivity index is 1.49. The van der Waals surface area contributed by atoms with Crippen LogP contribution in [0.1, 0.15) is 24.8 Å². The molecule has 0 atom stereocenters. The Kier molecular flexibility index (Phi) is 5.24. The number of nitrogens with zero attached hydrogens (tertiary/aromatic N) is 4. The summed E-state index contributed by atoms with van der Waals surface area (Å²) in [6.07, 6.45) is 9.15. The lowest BCUT2D eigenvalue weighted by atomic mass is 10.1. The SMILES string of the molecule is Cc1cnccc1NCCNc1cc(N2CCCCC2)ncn1. The molecule has 0 saturated carbocycles. The first-order valence-corrected chi connectivity index (χ1v) is 8.28. The number of aromatic nitrogens is 3. The Morgan fingerprint density at radius 2 is 1.91 bits per heavy atom. The van der Waals surface area contributed by atoms with E-state index in [0.29, 0.717) is 0 Å². The molecular weight excluding hydrogens is 288 g/mol. The van der Waals surface area contributed by atoms with Gasteiger partial charge in [0, 0.05) is 50.3 Å². The van der Waals surface area contributed by atoms with Crippen LogP contribution in [0.25, 0.3) is 0 Å². The van der Waals surface area contributed by atoms with Gasteiger partial charge in [0.25, 0.3) is 0 Å². The lowest BCUT2D eigenvalue weighted by Crippen LogP contribution is -2.30. The molecule has 0 aromatic carbocycles. The van der Waals surface area contributed by atoms with Crippen molar-refractivity contribution in [3.8, 4) is 0 Å². The lowest BCUT2D eigenvalue weighted by molar-refractivity contribution is 0.573. The normalized spacial score (nSPS) is 14.6. The fourth-order valence-corrected chi connectivity index (χ4v) is 2.80. The first-order chi connectivity index (χ1) is 11.3. The van der Waals surface area contributed by atoms with Crippen molar-refractivity contribution in [2.75, 3.05) is 41.7 Å². The number of rotatable bonds is 6. The number of nitrogens with one attached hydrogen (secondary N) is 2. The van der Waals surface area contributed by atoms with E-state index >= 15 is 0 Å². The average molecular weight is 312 g/mol. The fraction of sp³-hybridized carbons (Fsp3) is 0.471. The van der Waals surface area contributed by atoms with Gasteiger partial charge in [-0.25, -0.2) is 9.97 Å². The molecule has 2 aromatic heterocycles. The van der Waals surface area contributed by atoms with Crippen molar-refractivity contribution in [2.24, 2.45) is 0 Å². The summed E-state index contributed by atoms with van der Waals surface area (Å²) >= 11 is 0. The largest absolute Gasteiger partial charge is 0.383 e. The van der Waals surface area contributed by atoms with Crippen molar-refractivity contribution >= 4 is 17.3 Å². The Labute approximate surface area is 137 Å². The van der Waals surface area contributed by atoms with Gasteiger partial charge in [-0.1, -0.05) is 0 Å². The van der Waals surface area contributed by atoms with Crippen LogP contribution in [0.3, 0.4) is 0 Å². The topological polar surface area (TPSA) is 66.0 Å². The van der Waals surface area contributed by atoms with Crippen molar-refractivity contribution in [3.05, 3.63) is 36.4 Å². The van der Waals surface area contributed by atoms with Crippen LogP contribution in [-0.4, -0.2) is 41.1 Å². The summed E-state index contributed by atoms with van der Waals surface area (Å²) in [6, 6.07) is 4.04. The zero-order chi connectivity index (χ0) is 15.9. The molecule has 1 saturated heterocycles.